The van der Waals surface area contributed by atoms with Crippen molar-refractivity contribution in [3.8, 4) is 58.3 Å². The number of benzene rings is 7. The smallest absolute Gasteiger partial charge is 0.0906 e. The van der Waals surface area contributed by atoms with E-state index in [-0.39, 0.29) is 0 Å². The topological polar surface area (TPSA) is 38.7 Å². The molecule has 0 aliphatic carbocycles. The molecule has 0 radical (unpaired) electrons. The lowest BCUT2D eigenvalue weighted by Crippen LogP contribution is -1.94. The van der Waals surface area contributed by atoms with Gasteiger partial charge in [-0.15, -0.1) is 11.3 Å². The van der Waals surface area contributed by atoms with Crippen LogP contribution in [0.4, 0.5) is 0 Å². The van der Waals surface area contributed by atoms with E-state index in [2.05, 4.69) is 162 Å². The van der Waals surface area contributed by atoms with Crippen LogP contribution in [-0.2, 0) is 6.42 Å². The SMILES string of the molecule is CCc1cc(C#Cc2ccc3ccc4cccc5ccc2c3c45)sc1C#Cc1c2ccccc2c(C#Cc2cc(-c3ccccn3)nc(-c3ccccn3)c2)c2ccccc12. The molecule has 282 valence electrons. The molecule has 4 heterocycles. The van der Waals surface area contributed by atoms with Gasteiger partial charge >= 0.3 is 0 Å². The van der Waals surface area contributed by atoms with E-state index in [4.69, 9.17) is 4.98 Å². The molecule has 0 spiro atoms. The molecule has 0 aliphatic rings. The van der Waals surface area contributed by atoms with Gasteiger partial charge in [0, 0.05) is 34.6 Å². The van der Waals surface area contributed by atoms with E-state index < -0.39 is 0 Å². The molecular weight excluding hydrogens is 759 g/mol. The number of hydrogen-bond acceptors (Lipinski definition) is 4. The molecule has 0 bridgehead atoms. The molecule has 4 heteroatoms. The molecule has 3 nitrogen and oxygen atoms in total. The van der Waals surface area contributed by atoms with E-state index in [1.54, 1.807) is 23.7 Å². The van der Waals surface area contributed by atoms with E-state index in [9.17, 15) is 0 Å². The van der Waals surface area contributed by atoms with Crippen LogP contribution in [0.25, 0.3) is 76.6 Å². The molecule has 11 rings (SSSR count). The summed E-state index contributed by atoms with van der Waals surface area (Å²) in [5.41, 5.74) is 8.08. The van der Waals surface area contributed by atoms with Gasteiger partial charge in [-0.3, -0.25) is 9.97 Å². The summed E-state index contributed by atoms with van der Waals surface area (Å²) in [6, 6.07) is 54.6. The normalized spacial score (nSPS) is 11.0. The maximum atomic E-state index is 4.93. The molecule has 0 amide bonds. The zero-order valence-corrected chi connectivity index (χ0v) is 33.9. The number of aromatic nitrogens is 3. The van der Waals surface area contributed by atoms with Crippen LogP contribution in [0, 0.1) is 35.5 Å². The Morgan fingerprint density at radius 3 is 1.59 bits per heavy atom. The lowest BCUT2D eigenvalue weighted by molar-refractivity contribution is 1.15. The molecule has 11 aromatic rings. The summed E-state index contributed by atoms with van der Waals surface area (Å²) in [6.07, 6.45) is 4.43. The number of pyridine rings is 3. The average Bonchev–Trinajstić information content (AvgIpc) is 3.73. The minimum Gasteiger partial charge on any atom is -0.255 e. The molecule has 0 unspecified atom stereocenters. The summed E-state index contributed by atoms with van der Waals surface area (Å²) < 4.78 is 0. The first-order chi connectivity index (χ1) is 30.2. The van der Waals surface area contributed by atoms with Crippen molar-refractivity contribution >= 4 is 65.2 Å². The van der Waals surface area contributed by atoms with Crippen LogP contribution in [0.5, 0.6) is 0 Å². The van der Waals surface area contributed by atoms with Gasteiger partial charge in [-0.1, -0.05) is 152 Å². The molecule has 0 fully saturated rings. The highest BCUT2D eigenvalue weighted by molar-refractivity contribution is 7.13. The third-order valence-corrected chi connectivity index (χ3v) is 12.3. The number of hydrogen-bond donors (Lipinski definition) is 0. The van der Waals surface area contributed by atoms with Gasteiger partial charge in [-0.25, -0.2) is 4.98 Å². The summed E-state index contributed by atoms with van der Waals surface area (Å²) in [4.78, 5) is 16.2. The Labute approximate surface area is 357 Å². The van der Waals surface area contributed by atoms with Crippen LogP contribution in [0.15, 0.2) is 170 Å². The third-order valence-electron chi connectivity index (χ3n) is 11.3. The Hall–Kier alpha value is -8.07. The van der Waals surface area contributed by atoms with Crippen LogP contribution in [0.2, 0.25) is 0 Å². The van der Waals surface area contributed by atoms with E-state index in [1.807, 2.05) is 48.5 Å². The van der Waals surface area contributed by atoms with Gasteiger partial charge in [-0.05, 0) is 114 Å². The fourth-order valence-corrected chi connectivity index (χ4v) is 9.34. The van der Waals surface area contributed by atoms with Crippen molar-refractivity contribution in [1.82, 2.24) is 15.0 Å². The maximum Gasteiger partial charge on any atom is 0.0906 e. The number of nitrogens with zero attached hydrogens (tertiary/aromatic N) is 3. The Kier molecular flexibility index (Phi) is 9.02. The molecule has 4 aromatic heterocycles. The van der Waals surface area contributed by atoms with E-state index in [0.717, 1.165) is 82.7 Å². The van der Waals surface area contributed by atoms with Crippen molar-refractivity contribution in [3.63, 3.8) is 0 Å². The Morgan fingerprint density at radius 1 is 0.443 bits per heavy atom. The summed E-state index contributed by atoms with van der Waals surface area (Å²) >= 11 is 1.67. The van der Waals surface area contributed by atoms with Gasteiger partial charge < -0.3 is 0 Å². The summed E-state index contributed by atoms with van der Waals surface area (Å²) in [7, 11) is 0. The Morgan fingerprint density at radius 2 is 1.00 bits per heavy atom. The first kappa shape index (κ1) is 36.0. The lowest BCUT2D eigenvalue weighted by Gasteiger charge is -2.11. The van der Waals surface area contributed by atoms with Crippen LogP contribution in [0.3, 0.4) is 0 Å². The average molecular weight is 792 g/mol. The zero-order chi connectivity index (χ0) is 40.7. The Bertz CT molecular complexity index is 3570. The van der Waals surface area contributed by atoms with Crippen molar-refractivity contribution < 1.29 is 0 Å². The van der Waals surface area contributed by atoms with Gasteiger partial charge in [0.15, 0.2) is 0 Å². The standard InChI is InChI=1S/C57H33N3S/c1-2-38-36-43(27-25-39-21-22-42-24-23-40-12-11-13-41-26-29-44(39)57(42)56(40)41)61-55(38)31-30-50-47-16-5-3-14-45(47)49(46-15-4-6-17-48(46)50)28-20-37-34-53(51-18-7-9-32-58-51)60-54(35-37)52-19-8-10-33-59-52/h3-19,21-24,26,29,32-36H,2H2,1H3. The van der Waals surface area contributed by atoms with Crippen molar-refractivity contribution in [2.45, 2.75) is 13.3 Å². The number of rotatable bonds is 3. The molecule has 0 aliphatic heterocycles. The van der Waals surface area contributed by atoms with Crippen molar-refractivity contribution in [2.75, 3.05) is 0 Å². The predicted octanol–water partition coefficient (Wildman–Crippen LogP) is 13.2. The summed E-state index contributed by atoms with van der Waals surface area (Å²) in [5, 5.41) is 11.8. The van der Waals surface area contributed by atoms with Gasteiger partial charge in [0.1, 0.15) is 0 Å². The first-order valence-corrected chi connectivity index (χ1v) is 21.1. The second-order valence-electron chi connectivity index (χ2n) is 14.9. The summed E-state index contributed by atoms with van der Waals surface area (Å²) in [6.45, 7) is 2.19. The van der Waals surface area contributed by atoms with Gasteiger partial charge in [-0.2, -0.15) is 0 Å². The highest BCUT2D eigenvalue weighted by Crippen LogP contribution is 2.36. The minimum absolute atomic E-state index is 0.745. The van der Waals surface area contributed by atoms with Crippen molar-refractivity contribution in [3.05, 3.63) is 208 Å². The quantitative estimate of drug-likeness (QED) is 0.102. The monoisotopic (exact) mass is 791 g/mol. The first-order valence-electron chi connectivity index (χ1n) is 20.3. The van der Waals surface area contributed by atoms with Crippen LogP contribution >= 0.6 is 11.3 Å². The number of thiophene rings is 1. The summed E-state index contributed by atoms with van der Waals surface area (Å²) in [5.74, 6) is 21.5. The zero-order valence-electron chi connectivity index (χ0n) is 33.1. The highest BCUT2D eigenvalue weighted by atomic mass is 32.1. The maximum absolute atomic E-state index is 4.93. The van der Waals surface area contributed by atoms with Gasteiger partial charge in [0.2, 0.25) is 0 Å². The van der Waals surface area contributed by atoms with E-state index in [0.29, 0.717) is 0 Å². The third kappa shape index (κ3) is 6.61. The fraction of sp³-hybridized carbons (Fsp3) is 0.0351. The number of fused-ring (bicyclic) bond motifs is 2. The van der Waals surface area contributed by atoms with Crippen molar-refractivity contribution in [1.29, 1.82) is 0 Å². The molecule has 7 aromatic carbocycles. The van der Waals surface area contributed by atoms with E-state index >= 15 is 0 Å². The van der Waals surface area contributed by atoms with Crippen LogP contribution in [-0.4, -0.2) is 15.0 Å². The van der Waals surface area contributed by atoms with Crippen molar-refractivity contribution in [2.24, 2.45) is 0 Å². The molecule has 0 atom stereocenters. The van der Waals surface area contributed by atoms with Crippen LogP contribution in [0.1, 0.15) is 44.5 Å². The van der Waals surface area contributed by atoms with Gasteiger partial charge in [0.25, 0.3) is 0 Å². The molecule has 0 saturated carbocycles. The Balaban J connectivity index is 0.991. The highest BCUT2D eigenvalue weighted by Gasteiger charge is 2.14. The minimum atomic E-state index is 0.745. The largest absolute Gasteiger partial charge is 0.255 e. The molecule has 0 saturated heterocycles. The van der Waals surface area contributed by atoms with Crippen LogP contribution < -0.4 is 0 Å². The lowest BCUT2D eigenvalue weighted by atomic mass is 9.92. The van der Waals surface area contributed by atoms with E-state index in [1.165, 1.54) is 37.9 Å². The fourth-order valence-electron chi connectivity index (χ4n) is 8.38. The second kappa shape index (κ2) is 15.3. The molecular formula is C57H33N3S. The second-order valence-corrected chi connectivity index (χ2v) is 16.0. The number of aryl methyl sites for hydroxylation is 1. The molecule has 61 heavy (non-hydrogen) atoms. The molecule has 0 N–H and O–H groups in total. The van der Waals surface area contributed by atoms with Gasteiger partial charge in [0.05, 0.1) is 32.5 Å². The predicted molar refractivity (Wildman–Crippen MR) is 254 cm³/mol.